The van der Waals surface area contributed by atoms with E-state index in [9.17, 15) is 19.2 Å². The van der Waals surface area contributed by atoms with Crippen molar-refractivity contribution >= 4 is 29.8 Å². The van der Waals surface area contributed by atoms with Crippen molar-refractivity contribution in [3.05, 3.63) is 59.7 Å². The average Bonchev–Trinajstić information content (AvgIpc) is 2.85. The molecule has 0 aromatic heterocycles. The number of aldehydes is 1. The van der Waals surface area contributed by atoms with Crippen molar-refractivity contribution in [2.45, 2.75) is 45.1 Å². The lowest BCUT2D eigenvalue weighted by atomic mass is 10.1. The van der Waals surface area contributed by atoms with E-state index in [1.807, 2.05) is 6.92 Å². The zero-order valence-corrected chi connectivity index (χ0v) is 20.8. The smallest absolute Gasteiger partial charge is 0.335 e. The van der Waals surface area contributed by atoms with Crippen LogP contribution in [0.2, 0.25) is 0 Å². The van der Waals surface area contributed by atoms with E-state index in [1.165, 1.54) is 19.2 Å². The van der Waals surface area contributed by atoms with E-state index in [0.717, 1.165) is 31.2 Å². The first-order chi connectivity index (χ1) is 16.7. The minimum absolute atomic E-state index is 0. The topological polar surface area (TPSA) is 217 Å². The highest BCUT2D eigenvalue weighted by atomic mass is 16.5. The standard InChI is InChI=1S/C11H13NO2.C8H8O3.C6H14N2O2.H3N/c1-2-3-11(14)12-10-6-4-9(8-13)5-7-10;1-11-7-4-2-6(3-5-7)8(9)10;7-4-2-1-3-5(8)6(9)10;/h4-8H,2-3H2,1H3,(H,12,14);2-5H,1H3,(H,9,10);5H,1-4,7-8H2,(H,9,10);1H3/t;;5-;/m..0./s1. The molecule has 11 nitrogen and oxygen atoms in total. The number of hydrogen-bond acceptors (Lipinski definition) is 8. The summed E-state index contributed by atoms with van der Waals surface area (Å²) in [5.41, 5.74) is 12.0. The third kappa shape index (κ3) is 15.9. The number of rotatable bonds is 11. The van der Waals surface area contributed by atoms with E-state index < -0.39 is 18.0 Å². The number of aliphatic carboxylic acids is 1. The molecule has 11 heteroatoms. The molecule has 0 fully saturated rings. The first-order valence-electron chi connectivity index (χ1n) is 11.1. The van der Waals surface area contributed by atoms with Gasteiger partial charge < -0.3 is 37.9 Å². The molecular formula is C25H38N4O7. The minimum Gasteiger partial charge on any atom is -0.497 e. The predicted molar refractivity (Wildman–Crippen MR) is 139 cm³/mol. The summed E-state index contributed by atoms with van der Waals surface area (Å²) in [5.74, 6) is -1.19. The monoisotopic (exact) mass is 506 g/mol. The number of ether oxygens (including phenoxy) is 1. The maximum atomic E-state index is 11.2. The zero-order valence-electron chi connectivity index (χ0n) is 20.8. The second-order valence-corrected chi connectivity index (χ2v) is 7.30. The fourth-order valence-electron chi connectivity index (χ4n) is 2.46. The molecule has 0 aliphatic heterocycles. The number of carboxylic acid groups (broad SMARTS) is 2. The summed E-state index contributed by atoms with van der Waals surface area (Å²) in [6, 6.07) is 12.3. The molecule has 10 N–H and O–H groups in total. The summed E-state index contributed by atoms with van der Waals surface area (Å²) >= 11 is 0. The van der Waals surface area contributed by atoms with Gasteiger partial charge in [0.1, 0.15) is 18.1 Å². The summed E-state index contributed by atoms with van der Waals surface area (Å²) in [5, 5.41) is 19.6. The third-order valence-corrected chi connectivity index (χ3v) is 4.43. The molecule has 0 aliphatic carbocycles. The van der Waals surface area contributed by atoms with Crippen molar-refractivity contribution in [1.82, 2.24) is 6.15 Å². The predicted octanol–water partition coefficient (Wildman–Crippen LogP) is 3.32. The highest BCUT2D eigenvalue weighted by molar-refractivity contribution is 5.91. The third-order valence-electron chi connectivity index (χ3n) is 4.43. The van der Waals surface area contributed by atoms with Gasteiger partial charge in [0.05, 0.1) is 12.7 Å². The van der Waals surface area contributed by atoms with Gasteiger partial charge in [-0.2, -0.15) is 0 Å². The second-order valence-electron chi connectivity index (χ2n) is 7.30. The van der Waals surface area contributed by atoms with E-state index in [2.05, 4.69) is 5.32 Å². The lowest BCUT2D eigenvalue weighted by Crippen LogP contribution is -2.29. The van der Waals surface area contributed by atoms with Gasteiger partial charge in [-0.25, -0.2) is 4.79 Å². The molecule has 1 atom stereocenters. The summed E-state index contributed by atoms with van der Waals surface area (Å²) < 4.78 is 4.86. The Kier molecular flexibility index (Phi) is 19.6. The molecule has 2 aromatic carbocycles. The van der Waals surface area contributed by atoms with Crippen LogP contribution in [-0.2, 0) is 9.59 Å². The van der Waals surface area contributed by atoms with E-state index in [4.69, 9.17) is 26.4 Å². The molecule has 1 amide bonds. The highest BCUT2D eigenvalue weighted by Crippen LogP contribution is 2.11. The Labute approximate surface area is 211 Å². The van der Waals surface area contributed by atoms with Crippen molar-refractivity contribution in [3.8, 4) is 5.75 Å². The SMILES string of the molecule is CCCC(=O)Nc1ccc(C=O)cc1.COc1ccc(C(=O)O)cc1.N.NCCCC[C@H](N)C(=O)O. The van der Waals surface area contributed by atoms with Crippen LogP contribution in [0.1, 0.15) is 59.7 Å². The Hall–Kier alpha value is -3.80. The van der Waals surface area contributed by atoms with Gasteiger partial charge in [-0.05, 0) is 74.3 Å². The van der Waals surface area contributed by atoms with Crippen LogP contribution in [0.5, 0.6) is 5.75 Å². The molecule has 0 saturated heterocycles. The summed E-state index contributed by atoms with van der Waals surface area (Å²) in [6.07, 6.45) is 4.29. The molecule has 36 heavy (non-hydrogen) atoms. The van der Waals surface area contributed by atoms with Gasteiger partial charge in [-0.3, -0.25) is 14.4 Å². The van der Waals surface area contributed by atoms with Crippen molar-refractivity contribution in [3.63, 3.8) is 0 Å². The minimum atomic E-state index is -0.933. The van der Waals surface area contributed by atoms with E-state index in [-0.39, 0.29) is 17.6 Å². The van der Waals surface area contributed by atoms with Crippen LogP contribution in [0.15, 0.2) is 48.5 Å². The lowest BCUT2D eigenvalue weighted by Gasteiger charge is -2.03. The molecule has 0 bridgehead atoms. The summed E-state index contributed by atoms with van der Waals surface area (Å²) in [6.45, 7) is 2.56. The van der Waals surface area contributed by atoms with Crippen molar-refractivity contribution < 1.29 is 34.1 Å². The Morgan fingerprint density at radius 2 is 1.61 bits per heavy atom. The maximum Gasteiger partial charge on any atom is 0.335 e. The number of carbonyl (C=O) groups excluding carboxylic acids is 2. The molecule has 200 valence electrons. The van der Waals surface area contributed by atoms with Crippen LogP contribution in [0.25, 0.3) is 0 Å². The van der Waals surface area contributed by atoms with Crippen LogP contribution in [0.4, 0.5) is 5.69 Å². The van der Waals surface area contributed by atoms with Gasteiger partial charge in [-0.15, -0.1) is 0 Å². The fourth-order valence-corrected chi connectivity index (χ4v) is 2.46. The van der Waals surface area contributed by atoms with Gasteiger partial charge in [-0.1, -0.05) is 13.3 Å². The zero-order chi connectivity index (χ0) is 26.6. The van der Waals surface area contributed by atoms with E-state index >= 15 is 0 Å². The Morgan fingerprint density at radius 3 is 2.03 bits per heavy atom. The maximum absolute atomic E-state index is 11.2. The molecule has 2 aromatic rings. The highest BCUT2D eigenvalue weighted by Gasteiger charge is 2.09. The number of benzene rings is 2. The lowest BCUT2D eigenvalue weighted by molar-refractivity contribution is -0.138. The van der Waals surface area contributed by atoms with E-state index in [1.54, 1.807) is 36.4 Å². The van der Waals surface area contributed by atoms with Gasteiger partial charge in [0, 0.05) is 17.7 Å². The number of carbonyl (C=O) groups is 4. The number of nitrogens with two attached hydrogens (primary N) is 2. The molecule has 0 spiro atoms. The number of anilines is 1. The van der Waals surface area contributed by atoms with Gasteiger partial charge in [0.15, 0.2) is 0 Å². The van der Waals surface area contributed by atoms with E-state index in [0.29, 0.717) is 30.7 Å². The fraction of sp³-hybridized carbons (Fsp3) is 0.360. The van der Waals surface area contributed by atoms with Crippen LogP contribution >= 0.6 is 0 Å². The van der Waals surface area contributed by atoms with Gasteiger partial charge >= 0.3 is 11.9 Å². The summed E-state index contributed by atoms with van der Waals surface area (Å²) in [4.78, 5) is 42.0. The van der Waals surface area contributed by atoms with Crippen LogP contribution < -0.4 is 27.7 Å². The number of nitrogens with one attached hydrogen (secondary N) is 1. The molecule has 0 unspecified atom stereocenters. The second kappa shape index (κ2) is 20.6. The van der Waals surface area contributed by atoms with Crippen molar-refractivity contribution in [1.29, 1.82) is 0 Å². The Bertz CT molecular complexity index is 904. The quantitative estimate of drug-likeness (QED) is 0.193. The first-order valence-corrected chi connectivity index (χ1v) is 11.1. The normalized spacial score (nSPS) is 10.1. The number of carboxylic acids is 2. The molecule has 2 rings (SSSR count). The Morgan fingerprint density at radius 1 is 1.03 bits per heavy atom. The molecule has 0 aliphatic rings. The number of amides is 1. The average molecular weight is 507 g/mol. The molecule has 0 heterocycles. The largest absolute Gasteiger partial charge is 0.497 e. The number of aromatic carboxylic acids is 1. The number of methoxy groups -OCH3 is 1. The van der Waals surface area contributed by atoms with Crippen molar-refractivity contribution in [2.24, 2.45) is 11.5 Å². The van der Waals surface area contributed by atoms with Crippen LogP contribution in [-0.4, -0.2) is 54.0 Å². The van der Waals surface area contributed by atoms with Crippen LogP contribution in [0.3, 0.4) is 0 Å². The molecule has 0 radical (unpaired) electrons. The molecule has 0 saturated carbocycles. The number of unbranched alkanes of at least 4 members (excludes halogenated alkanes) is 1. The molecular weight excluding hydrogens is 468 g/mol. The van der Waals surface area contributed by atoms with Crippen molar-refractivity contribution in [2.75, 3.05) is 19.0 Å². The number of hydrogen-bond donors (Lipinski definition) is 6. The van der Waals surface area contributed by atoms with Gasteiger partial charge in [0.25, 0.3) is 0 Å². The first kappa shape index (κ1) is 34.4. The van der Waals surface area contributed by atoms with Gasteiger partial charge in [0.2, 0.25) is 5.91 Å². The van der Waals surface area contributed by atoms with Crippen LogP contribution in [0, 0.1) is 0 Å². The summed E-state index contributed by atoms with van der Waals surface area (Å²) in [7, 11) is 1.54. The Balaban J connectivity index is 0.